The first-order valence-corrected chi connectivity index (χ1v) is 8.03. The Hall–Kier alpha value is -0.850. The standard InChI is InChI=1S/C13H14BrN3OS/c14-10-4-1-3-9(7-10)8-19-13-17-16-12(18-13)11-5-2-6-15-11/h1,3-4,7,11,15H,2,5-6,8H2/t11-/m0/s1. The molecule has 6 heteroatoms. The minimum absolute atomic E-state index is 0.243. The molecule has 3 rings (SSSR count). The SMILES string of the molecule is Brc1cccc(CSc2nnc([C@@H]3CCCN3)o2)c1. The highest BCUT2D eigenvalue weighted by Gasteiger charge is 2.22. The van der Waals surface area contributed by atoms with Crippen molar-refractivity contribution in [3.05, 3.63) is 40.2 Å². The van der Waals surface area contributed by atoms with Crippen molar-refractivity contribution in [2.75, 3.05) is 6.54 Å². The van der Waals surface area contributed by atoms with Gasteiger partial charge in [0.2, 0.25) is 5.89 Å². The summed E-state index contributed by atoms with van der Waals surface area (Å²) in [6.45, 7) is 1.04. The van der Waals surface area contributed by atoms with Gasteiger partial charge in [0.15, 0.2) is 0 Å². The Morgan fingerprint density at radius 1 is 1.42 bits per heavy atom. The molecule has 1 N–H and O–H groups in total. The Balaban J connectivity index is 1.61. The number of hydrogen-bond acceptors (Lipinski definition) is 5. The molecule has 0 spiro atoms. The molecule has 0 saturated carbocycles. The topological polar surface area (TPSA) is 51.0 Å². The zero-order valence-electron chi connectivity index (χ0n) is 10.3. The lowest BCUT2D eigenvalue weighted by atomic mass is 10.2. The first-order valence-electron chi connectivity index (χ1n) is 6.25. The number of nitrogens with zero attached hydrogens (tertiary/aromatic N) is 2. The van der Waals surface area contributed by atoms with Gasteiger partial charge < -0.3 is 9.73 Å². The monoisotopic (exact) mass is 339 g/mol. The van der Waals surface area contributed by atoms with E-state index < -0.39 is 0 Å². The summed E-state index contributed by atoms with van der Waals surface area (Å²) < 4.78 is 6.78. The van der Waals surface area contributed by atoms with Crippen LogP contribution in [0.3, 0.4) is 0 Å². The maximum Gasteiger partial charge on any atom is 0.276 e. The van der Waals surface area contributed by atoms with Crippen molar-refractivity contribution < 1.29 is 4.42 Å². The predicted molar refractivity (Wildman–Crippen MR) is 78.0 cm³/mol. The van der Waals surface area contributed by atoms with E-state index in [0.29, 0.717) is 11.1 Å². The number of halogens is 1. The third-order valence-corrected chi connectivity index (χ3v) is 4.41. The second-order valence-electron chi connectivity index (χ2n) is 4.47. The minimum atomic E-state index is 0.243. The van der Waals surface area contributed by atoms with Crippen LogP contribution in [0.4, 0.5) is 0 Å². The average Bonchev–Trinajstić information content (AvgIpc) is 3.07. The van der Waals surface area contributed by atoms with E-state index in [-0.39, 0.29) is 6.04 Å². The lowest BCUT2D eigenvalue weighted by Crippen LogP contribution is -2.12. The van der Waals surface area contributed by atoms with Crippen LogP contribution in [0.15, 0.2) is 38.4 Å². The van der Waals surface area contributed by atoms with Crippen LogP contribution >= 0.6 is 27.7 Å². The largest absolute Gasteiger partial charge is 0.414 e. The van der Waals surface area contributed by atoms with Gasteiger partial charge in [0.1, 0.15) is 0 Å². The zero-order valence-corrected chi connectivity index (χ0v) is 12.7. The molecular weight excluding hydrogens is 326 g/mol. The first kappa shape index (κ1) is 13.1. The molecular formula is C13H14BrN3OS. The molecule has 1 fully saturated rings. The third kappa shape index (κ3) is 3.38. The Labute approximate surface area is 124 Å². The van der Waals surface area contributed by atoms with Gasteiger partial charge in [-0.1, -0.05) is 39.8 Å². The van der Waals surface area contributed by atoms with Crippen LogP contribution in [0.25, 0.3) is 0 Å². The summed E-state index contributed by atoms with van der Waals surface area (Å²) in [6, 6.07) is 8.48. The van der Waals surface area contributed by atoms with Gasteiger partial charge in [-0.25, -0.2) is 0 Å². The molecule has 2 aromatic rings. The average molecular weight is 340 g/mol. The van der Waals surface area contributed by atoms with Crippen LogP contribution in [0.5, 0.6) is 0 Å². The van der Waals surface area contributed by atoms with Crippen LogP contribution < -0.4 is 5.32 Å². The highest BCUT2D eigenvalue weighted by molar-refractivity contribution is 9.10. The fourth-order valence-electron chi connectivity index (χ4n) is 2.09. The molecule has 1 atom stereocenters. The van der Waals surface area contributed by atoms with Gasteiger partial charge in [-0.2, -0.15) is 0 Å². The summed E-state index contributed by atoms with van der Waals surface area (Å²) in [5, 5.41) is 12.2. The van der Waals surface area contributed by atoms with E-state index in [1.165, 1.54) is 12.0 Å². The van der Waals surface area contributed by atoms with Gasteiger partial charge in [0.05, 0.1) is 6.04 Å². The van der Waals surface area contributed by atoms with Crippen LogP contribution in [0.1, 0.15) is 30.3 Å². The maximum absolute atomic E-state index is 5.69. The van der Waals surface area contributed by atoms with Crippen molar-refractivity contribution in [1.29, 1.82) is 0 Å². The van der Waals surface area contributed by atoms with Crippen molar-refractivity contribution in [3.8, 4) is 0 Å². The Morgan fingerprint density at radius 3 is 3.16 bits per heavy atom. The summed E-state index contributed by atoms with van der Waals surface area (Å²) >= 11 is 5.04. The summed E-state index contributed by atoms with van der Waals surface area (Å²) in [4.78, 5) is 0. The predicted octanol–water partition coefficient (Wildman–Crippen LogP) is 3.55. The van der Waals surface area contributed by atoms with Crippen molar-refractivity contribution in [2.45, 2.75) is 29.9 Å². The summed E-state index contributed by atoms with van der Waals surface area (Å²) in [6.07, 6.45) is 2.26. The van der Waals surface area contributed by atoms with Crippen LogP contribution in [0.2, 0.25) is 0 Å². The van der Waals surface area contributed by atoms with Crippen LogP contribution in [-0.4, -0.2) is 16.7 Å². The molecule has 0 bridgehead atoms. The number of aromatic nitrogens is 2. The highest BCUT2D eigenvalue weighted by atomic mass is 79.9. The molecule has 0 amide bonds. The van der Waals surface area contributed by atoms with E-state index in [0.717, 1.165) is 23.2 Å². The quantitative estimate of drug-likeness (QED) is 0.863. The van der Waals surface area contributed by atoms with E-state index in [2.05, 4.69) is 43.6 Å². The Morgan fingerprint density at radius 2 is 2.37 bits per heavy atom. The molecule has 1 aliphatic heterocycles. The molecule has 19 heavy (non-hydrogen) atoms. The lowest BCUT2D eigenvalue weighted by Gasteiger charge is -2.02. The Bertz CT molecular complexity index is 554. The van der Waals surface area contributed by atoms with E-state index in [4.69, 9.17) is 4.42 Å². The molecule has 1 aliphatic rings. The van der Waals surface area contributed by atoms with E-state index >= 15 is 0 Å². The van der Waals surface area contributed by atoms with Crippen molar-refractivity contribution in [3.63, 3.8) is 0 Å². The van der Waals surface area contributed by atoms with Gasteiger partial charge in [-0.05, 0) is 37.1 Å². The van der Waals surface area contributed by atoms with Gasteiger partial charge in [0.25, 0.3) is 5.22 Å². The second kappa shape index (κ2) is 6.07. The summed E-state index contributed by atoms with van der Waals surface area (Å²) in [5.74, 6) is 1.55. The lowest BCUT2D eigenvalue weighted by molar-refractivity contribution is 0.374. The van der Waals surface area contributed by atoms with E-state index in [1.807, 2.05) is 12.1 Å². The molecule has 1 aromatic heterocycles. The number of thioether (sulfide) groups is 1. The second-order valence-corrected chi connectivity index (χ2v) is 6.32. The van der Waals surface area contributed by atoms with E-state index in [1.54, 1.807) is 11.8 Å². The molecule has 0 radical (unpaired) electrons. The van der Waals surface area contributed by atoms with Crippen LogP contribution in [-0.2, 0) is 5.75 Å². The number of benzene rings is 1. The molecule has 100 valence electrons. The van der Waals surface area contributed by atoms with Gasteiger partial charge in [-0.15, -0.1) is 10.2 Å². The molecule has 0 aliphatic carbocycles. The fraction of sp³-hybridized carbons (Fsp3) is 0.385. The summed E-state index contributed by atoms with van der Waals surface area (Å²) in [5.41, 5.74) is 1.23. The molecule has 1 saturated heterocycles. The van der Waals surface area contributed by atoms with Gasteiger partial charge >= 0.3 is 0 Å². The third-order valence-electron chi connectivity index (χ3n) is 3.03. The molecule has 0 unspecified atom stereocenters. The molecule has 2 heterocycles. The number of nitrogens with one attached hydrogen (secondary N) is 1. The molecule has 1 aromatic carbocycles. The van der Waals surface area contributed by atoms with Crippen LogP contribution in [0, 0.1) is 0 Å². The van der Waals surface area contributed by atoms with Crippen molar-refractivity contribution in [2.24, 2.45) is 0 Å². The number of rotatable bonds is 4. The zero-order chi connectivity index (χ0) is 13.1. The smallest absolute Gasteiger partial charge is 0.276 e. The van der Waals surface area contributed by atoms with Crippen molar-refractivity contribution in [1.82, 2.24) is 15.5 Å². The fourth-order valence-corrected chi connectivity index (χ4v) is 3.25. The molecule has 4 nitrogen and oxygen atoms in total. The summed E-state index contributed by atoms with van der Waals surface area (Å²) in [7, 11) is 0. The number of hydrogen-bond donors (Lipinski definition) is 1. The maximum atomic E-state index is 5.69. The van der Waals surface area contributed by atoms with Gasteiger partial charge in [0, 0.05) is 10.2 Å². The van der Waals surface area contributed by atoms with E-state index in [9.17, 15) is 0 Å². The minimum Gasteiger partial charge on any atom is -0.414 e. The van der Waals surface area contributed by atoms with Gasteiger partial charge in [-0.3, -0.25) is 0 Å². The Kier molecular flexibility index (Phi) is 4.20. The first-order chi connectivity index (χ1) is 9.31. The normalized spacial score (nSPS) is 18.9. The highest BCUT2D eigenvalue weighted by Crippen LogP contribution is 2.27. The van der Waals surface area contributed by atoms with Crippen molar-refractivity contribution >= 4 is 27.7 Å².